The van der Waals surface area contributed by atoms with Crippen LogP contribution in [0, 0.1) is 5.92 Å². The third kappa shape index (κ3) is 5.21. The van der Waals surface area contributed by atoms with Gasteiger partial charge in [0.1, 0.15) is 5.75 Å². The number of hydrogen-bond acceptors (Lipinski definition) is 4. The van der Waals surface area contributed by atoms with E-state index in [2.05, 4.69) is 60.1 Å². The summed E-state index contributed by atoms with van der Waals surface area (Å²) in [5, 5.41) is 4.94. The molecule has 6 heteroatoms. The molecule has 1 aliphatic rings. The van der Waals surface area contributed by atoms with Crippen LogP contribution in [0.3, 0.4) is 0 Å². The predicted octanol–water partition coefficient (Wildman–Crippen LogP) is 5.29. The van der Waals surface area contributed by atoms with E-state index in [9.17, 15) is 0 Å². The number of nitrogens with zero attached hydrogens (tertiary/aromatic N) is 4. The highest BCUT2D eigenvalue weighted by molar-refractivity contribution is 5.85. The van der Waals surface area contributed by atoms with Crippen molar-refractivity contribution in [2.24, 2.45) is 5.92 Å². The molecule has 1 heterocycles. The van der Waals surface area contributed by atoms with Crippen molar-refractivity contribution in [1.82, 2.24) is 19.7 Å². The standard InChI is InChI=1S/C24H30N4O.ClH/c1-27(2)16-19-9-6-10-21(15-19)23-25-24(20-11-13-22(29-3)14-12-20)28(26-23)17-18-7-4-5-8-18;/h6,9-15,18H,4-5,7-8,16-17H2,1-3H3;1H. The van der Waals surface area contributed by atoms with Gasteiger partial charge in [-0.1, -0.05) is 31.0 Å². The van der Waals surface area contributed by atoms with Crippen LogP contribution in [-0.2, 0) is 13.1 Å². The van der Waals surface area contributed by atoms with Gasteiger partial charge >= 0.3 is 0 Å². The molecule has 4 rings (SSSR count). The number of methoxy groups -OCH3 is 1. The summed E-state index contributed by atoms with van der Waals surface area (Å²) in [6.07, 6.45) is 5.23. The Kier molecular flexibility index (Phi) is 7.51. The quantitative estimate of drug-likeness (QED) is 0.514. The van der Waals surface area contributed by atoms with Gasteiger partial charge in [0.2, 0.25) is 0 Å². The Bertz CT molecular complexity index is 946. The lowest BCUT2D eigenvalue weighted by molar-refractivity contribution is 0.402. The van der Waals surface area contributed by atoms with E-state index in [0.717, 1.165) is 41.6 Å². The van der Waals surface area contributed by atoms with E-state index < -0.39 is 0 Å². The van der Waals surface area contributed by atoms with Crippen molar-refractivity contribution in [2.45, 2.75) is 38.8 Å². The molecule has 0 unspecified atom stereocenters. The summed E-state index contributed by atoms with van der Waals surface area (Å²) >= 11 is 0. The molecular weight excluding hydrogens is 396 g/mol. The van der Waals surface area contributed by atoms with Gasteiger partial charge in [-0.25, -0.2) is 9.67 Å². The number of rotatable bonds is 7. The molecule has 1 fully saturated rings. The zero-order valence-corrected chi connectivity index (χ0v) is 18.9. The molecule has 1 aliphatic carbocycles. The van der Waals surface area contributed by atoms with Crippen LogP contribution >= 0.6 is 12.4 Å². The zero-order valence-electron chi connectivity index (χ0n) is 18.0. The summed E-state index contributed by atoms with van der Waals surface area (Å²) in [4.78, 5) is 7.14. The summed E-state index contributed by atoms with van der Waals surface area (Å²) in [6.45, 7) is 1.84. The summed E-state index contributed by atoms with van der Waals surface area (Å²) in [6, 6.07) is 16.7. The van der Waals surface area contributed by atoms with Gasteiger partial charge in [0, 0.05) is 24.2 Å². The van der Waals surface area contributed by atoms with Crippen molar-refractivity contribution < 1.29 is 4.74 Å². The first-order chi connectivity index (χ1) is 14.1. The number of aromatic nitrogens is 3. The fourth-order valence-corrected chi connectivity index (χ4v) is 4.16. The Labute approximate surface area is 185 Å². The van der Waals surface area contributed by atoms with Gasteiger partial charge in [0.15, 0.2) is 11.6 Å². The van der Waals surface area contributed by atoms with E-state index in [1.54, 1.807) is 7.11 Å². The zero-order chi connectivity index (χ0) is 20.2. The molecule has 0 amide bonds. The number of hydrogen-bond donors (Lipinski definition) is 0. The van der Waals surface area contributed by atoms with Gasteiger partial charge in [0.25, 0.3) is 0 Å². The van der Waals surface area contributed by atoms with Gasteiger partial charge in [-0.3, -0.25) is 0 Å². The number of halogens is 1. The largest absolute Gasteiger partial charge is 0.497 e. The van der Waals surface area contributed by atoms with Crippen LogP contribution in [0.5, 0.6) is 5.75 Å². The second-order valence-electron chi connectivity index (χ2n) is 8.26. The minimum absolute atomic E-state index is 0. The third-order valence-corrected chi connectivity index (χ3v) is 5.61. The third-order valence-electron chi connectivity index (χ3n) is 5.61. The first-order valence-electron chi connectivity index (χ1n) is 10.5. The lowest BCUT2D eigenvalue weighted by Crippen LogP contribution is -2.11. The van der Waals surface area contributed by atoms with Gasteiger partial charge < -0.3 is 9.64 Å². The van der Waals surface area contributed by atoms with Crippen LogP contribution < -0.4 is 4.74 Å². The molecule has 3 aromatic rings. The van der Waals surface area contributed by atoms with Crippen molar-refractivity contribution in [3.8, 4) is 28.5 Å². The lowest BCUT2D eigenvalue weighted by atomic mass is 10.1. The summed E-state index contributed by atoms with van der Waals surface area (Å²) in [5.41, 5.74) is 3.42. The fraction of sp³-hybridized carbons (Fsp3) is 0.417. The molecule has 0 bridgehead atoms. The van der Waals surface area contributed by atoms with Crippen LogP contribution in [0.1, 0.15) is 31.2 Å². The average molecular weight is 427 g/mol. The molecule has 1 saturated carbocycles. The lowest BCUT2D eigenvalue weighted by Gasteiger charge is -2.11. The first-order valence-corrected chi connectivity index (χ1v) is 10.5. The molecule has 2 aromatic carbocycles. The van der Waals surface area contributed by atoms with E-state index in [0.29, 0.717) is 5.92 Å². The van der Waals surface area contributed by atoms with E-state index in [1.807, 2.05) is 12.1 Å². The van der Waals surface area contributed by atoms with Crippen molar-refractivity contribution in [2.75, 3.05) is 21.2 Å². The van der Waals surface area contributed by atoms with E-state index in [4.69, 9.17) is 14.8 Å². The minimum atomic E-state index is 0. The fourth-order valence-electron chi connectivity index (χ4n) is 4.16. The normalized spacial score (nSPS) is 14.1. The second-order valence-corrected chi connectivity index (χ2v) is 8.26. The average Bonchev–Trinajstić information content (AvgIpc) is 3.38. The highest BCUT2D eigenvalue weighted by Crippen LogP contribution is 2.30. The molecule has 30 heavy (non-hydrogen) atoms. The maximum Gasteiger partial charge on any atom is 0.181 e. The Hall–Kier alpha value is -2.37. The van der Waals surface area contributed by atoms with E-state index in [1.165, 1.54) is 31.2 Å². The molecule has 1 aromatic heterocycles. The van der Waals surface area contributed by atoms with Gasteiger partial charge in [0.05, 0.1) is 7.11 Å². The van der Waals surface area contributed by atoms with Crippen LogP contribution in [-0.4, -0.2) is 40.9 Å². The van der Waals surface area contributed by atoms with Crippen LogP contribution in [0.25, 0.3) is 22.8 Å². The molecule has 0 atom stereocenters. The monoisotopic (exact) mass is 426 g/mol. The van der Waals surface area contributed by atoms with Gasteiger partial charge in [-0.05, 0) is 68.8 Å². The highest BCUT2D eigenvalue weighted by atomic mass is 35.5. The van der Waals surface area contributed by atoms with Crippen molar-refractivity contribution >= 4 is 12.4 Å². The van der Waals surface area contributed by atoms with E-state index >= 15 is 0 Å². The van der Waals surface area contributed by atoms with Crippen LogP contribution in [0.2, 0.25) is 0 Å². The molecule has 0 N–H and O–H groups in total. The number of ether oxygens (including phenoxy) is 1. The molecular formula is C24H31ClN4O. The predicted molar refractivity (Wildman–Crippen MR) is 124 cm³/mol. The first kappa shape index (κ1) is 22.3. The molecule has 0 spiro atoms. The molecule has 0 aliphatic heterocycles. The summed E-state index contributed by atoms with van der Waals surface area (Å²) in [7, 11) is 5.86. The minimum Gasteiger partial charge on any atom is -0.497 e. The second kappa shape index (κ2) is 10.1. The molecule has 0 radical (unpaired) electrons. The summed E-state index contributed by atoms with van der Waals surface area (Å²) in [5.74, 6) is 3.29. The highest BCUT2D eigenvalue weighted by Gasteiger charge is 2.20. The van der Waals surface area contributed by atoms with Crippen LogP contribution in [0.4, 0.5) is 0 Å². The number of benzene rings is 2. The maximum absolute atomic E-state index is 5.32. The van der Waals surface area contributed by atoms with Crippen LogP contribution in [0.15, 0.2) is 48.5 Å². The summed E-state index contributed by atoms with van der Waals surface area (Å²) < 4.78 is 7.43. The molecule has 0 saturated heterocycles. The topological polar surface area (TPSA) is 43.2 Å². The van der Waals surface area contributed by atoms with Crippen molar-refractivity contribution in [3.63, 3.8) is 0 Å². The smallest absolute Gasteiger partial charge is 0.181 e. The molecule has 5 nitrogen and oxygen atoms in total. The van der Waals surface area contributed by atoms with Crippen molar-refractivity contribution in [1.29, 1.82) is 0 Å². The Morgan fingerprint density at radius 1 is 1.03 bits per heavy atom. The Morgan fingerprint density at radius 2 is 1.77 bits per heavy atom. The Balaban J connectivity index is 0.00000256. The SMILES string of the molecule is COc1ccc(-c2nc(-c3cccc(CN(C)C)c3)nn2CC2CCCC2)cc1.Cl. The van der Waals surface area contributed by atoms with Crippen molar-refractivity contribution in [3.05, 3.63) is 54.1 Å². The van der Waals surface area contributed by atoms with Gasteiger partial charge in [-0.15, -0.1) is 12.4 Å². The Morgan fingerprint density at radius 3 is 2.43 bits per heavy atom. The van der Waals surface area contributed by atoms with Gasteiger partial charge in [-0.2, -0.15) is 5.10 Å². The van der Waals surface area contributed by atoms with E-state index in [-0.39, 0.29) is 12.4 Å². The molecule has 160 valence electrons. The maximum atomic E-state index is 5.32.